The Morgan fingerprint density at radius 1 is 1.25 bits per heavy atom. The number of benzene rings is 1. The molecule has 0 aliphatic heterocycles. The van der Waals surface area contributed by atoms with Gasteiger partial charge in [-0.3, -0.25) is 9.78 Å². The molecule has 1 amide bonds. The van der Waals surface area contributed by atoms with E-state index in [1.54, 1.807) is 6.07 Å². The quantitative estimate of drug-likeness (QED) is 0.816. The highest BCUT2D eigenvalue weighted by Gasteiger charge is 2.21. The van der Waals surface area contributed by atoms with Crippen LogP contribution >= 0.6 is 0 Å². The van der Waals surface area contributed by atoms with Crippen molar-refractivity contribution in [1.29, 1.82) is 0 Å². The fourth-order valence-electron chi connectivity index (χ4n) is 2.25. The number of pyridine rings is 1. The summed E-state index contributed by atoms with van der Waals surface area (Å²) in [6, 6.07) is 9.98. The summed E-state index contributed by atoms with van der Waals surface area (Å²) >= 11 is 0. The number of ether oxygens (including phenoxy) is 1. The molecule has 1 heterocycles. The number of nitrogens with zero attached hydrogens (tertiary/aromatic N) is 1. The van der Waals surface area contributed by atoms with Gasteiger partial charge in [0.05, 0.1) is 12.2 Å². The summed E-state index contributed by atoms with van der Waals surface area (Å²) in [5, 5.41) is 11.7. The number of amides is 1. The third-order valence-corrected chi connectivity index (χ3v) is 3.74. The number of nitrogens with one attached hydrogen (secondary N) is 1. The van der Waals surface area contributed by atoms with Gasteiger partial charge in [0.1, 0.15) is 5.69 Å². The summed E-state index contributed by atoms with van der Waals surface area (Å²) in [5.41, 5.74) is 1.68. The molecule has 1 saturated carbocycles. The van der Waals surface area contributed by atoms with Gasteiger partial charge in [-0.15, -0.1) is 0 Å². The lowest BCUT2D eigenvalue weighted by Gasteiger charge is -2.08. The van der Waals surface area contributed by atoms with E-state index in [9.17, 15) is 9.59 Å². The van der Waals surface area contributed by atoms with E-state index in [0.717, 1.165) is 12.2 Å². The highest BCUT2D eigenvalue weighted by Crippen LogP contribution is 2.29. The van der Waals surface area contributed by atoms with Crippen LogP contribution in [-0.2, 0) is 11.3 Å². The maximum Gasteiger partial charge on any atom is 0.335 e. The molecule has 0 atom stereocenters. The molecule has 2 N–H and O–H groups in total. The summed E-state index contributed by atoms with van der Waals surface area (Å²) in [7, 11) is 0. The smallest absolute Gasteiger partial charge is 0.335 e. The zero-order valence-electron chi connectivity index (χ0n) is 13.1. The van der Waals surface area contributed by atoms with E-state index < -0.39 is 11.9 Å². The van der Waals surface area contributed by atoms with Crippen LogP contribution in [0, 0.1) is 5.92 Å². The van der Waals surface area contributed by atoms with Gasteiger partial charge < -0.3 is 15.2 Å². The number of hydrogen-bond donors (Lipinski definition) is 2. The predicted octanol–water partition coefficient (Wildman–Crippen LogP) is 2.96. The fraction of sp³-hybridized carbons (Fsp3) is 0.278. The predicted molar refractivity (Wildman–Crippen MR) is 88.0 cm³/mol. The fourth-order valence-corrected chi connectivity index (χ4v) is 2.25. The molecule has 1 aliphatic rings. The molecule has 6 heteroatoms. The maximum atomic E-state index is 12.2. The summed E-state index contributed by atoms with van der Waals surface area (Å²) in [6.07, 6.45) is 3.80. The molecule has 0 bridgehead atoms. The minimum Gasteiger partial charge on any atom is -0.478 e. The zero-order chi connectivity index (χ0) is 16.9. The molecular formula is C18H18N2O4. The zero-order valence-corrected chi connectivity index (χ0v) is 13.1. The van der Waals surface area contributed by atoms with Crippen LogP contribution in [0.25, 0.3) is 0 Å². The van der Waals surface area contributed by atoms with E-state index in [-0.39, 0.29) is 11.3 Å². The number of hydrogen-bond acceptors (Lipinski definition) is 4. The van der Waals surface area contributed by atoms with Crippen LogP contribution in [0.4, 0.5) is 5.69 Å². The van der Waals surface area contributed by atoms with Crippen molar-refractivity contribution < 1.29 is 19.4 Å². The highest BCUT2D eigenvalue weighted by molar-refractivity contribution is 6.04. The van der Waals surface area contributed by atoms with Gasteiger partial charge in [-0.25, -0.2) is 4.79 Å². The largest absolute Gasteiger partial charge is 0.478 e. The molecule has 0 saturated heterocycles. The number of carboxylic acid groups (broad SMARTS) is 1. The third kappa shape index (κ3) is 4.39. The van der Waals surface area contributed by atoms with E-state index in [1.165, 1.54) is 31.2 Å². The SMILES string of the molecule is O=C(O)c1ccnc(C(=O)Nc2cccc(COCC3CC3)c2)c1. The van der Waals surface area contributed by atoms with Crippen LogP contribution in [-0.4, -0.2) is 28.6 Å². The molecule has 124 valence electrons. The lowest BCUT2D eigenvalue weighted by molar-refractivity contribution is 0.0696. The summed E-state index contributed by atoms with van der Waals surface area (Å²) < 4.78 is 5.64. The number of anilines is 1. The second kappa shape index (κ2) is 7.23. The second-order valence-corrected chi connectivity index (χ2v) is 5.85. The topological polar surface area (TPSA) is 88.5 Å². The second-order valence-electron chi connectivity index (χ2n) is 5.85. The van der Waals surface area contributed by atoms with E-state index in [4.69, 9.17) is 9.84 Å². The Hall–Kier alpha value is -2.73. The Kier molecular flexibility index (Phi) is 4.86. The number of rotatable bonds is 7. The van der Waals surface area contributed by atoms with Crippen molar-refractivity contribution in [3.63, 3.8) is 0 Å². The number of carbonyl (C=O) groups is 2. The summed E-state index contributed by atoms with van der Waals surface area (Å²) in [4.78, 5) is 27.1. The molecule has 1 aromatic heterocycles. The number of carbonyl (C=O) groups excluding carboxylic acids is 1. The van der Waals surface area contributed by atoms with Gasteiger partial charge in [-0.2, -0.15) is 0 Å². The molecule has 0 unspecified atom stereocenters. The van der Waals surface area contributed by atoms with E-state index >= 15 is 0 Å². The molecule has 1 aliphatic carbocycles. The van der Waals surface area contributed by atoms with Gasteiger partial charge >= 0.3 is 5.97 Å². The molecule has 3 rings (SSSR count). The van der Waals surface area contributed by atoms with Crippen molar-refractivity contribution in [2.45, 2.75) is 19.4 Å². The van der Waals surface area contributed by atoms with E-state index in [2.05, 4.69) is 10.3 Å². The minimum absolute atomic E-state index is 0.0253. The number of carboxylic acids is 1. The van der Waals surface area contributed by atoms with Crippen LogP contribution in [0.2, 0.25) is 0 Å². The van der Waals surface area contributed by atoms with Crippen molar-refractivity contribution >= 4 is 17.6 Å². The average Bonchev–Trinajstić information content (AvgIpc) is 3.39. The monoisotopic (exact) mass is 326 g/mol. The van der Waals surface area contributed by atoms with Gasteiger partial charge in [0.15, 0.2) is 0 Å². The molecule has 24 heavy (non-hydrogen) atoms. The van der Waals surface area contributed by atoms with Crippen LogP contribution in [0.3, 0.4) is 0 Å². The Morgan fingerprint density at radius 3 is 2.83 bits per heavy atom. The maximum absolute atomic E-state index is 12.2. The Bertz CT molecular complexity index is 756. The standard InChI is InChI=1S/C18H18N2O4/c21-17(16-9-14(18(22)23)6-7-19-16)20-15-3-1-2-13(8-15)11-24-10-12-4-5-12/h1-3,6-9,12H,4-5,10-11H2,(H,20,21)(H,22,23). The van der Waals surface area contributed by atoms with Gasteiger partial charge in [-0.05, 0) is 48.6 Å². The average molecular weight is 326 g/mol. The molecular weight excluding hydrogens is 308 g/mol. The molecule has 2 aromatic rings. The highest BCUT2D eigenvalue weighted by atomic mass is 16.5. The Labute approximate surface area is 139 Å². The lowest BCUT2D eigenvalue weighted by atomic mass is 10.2. The number of aromatic nitrogens is 1. The molecule has 1 fully saturated rings. The Balaban J connectivity index is 1.63. The minimum atomic E-state index is -1.10. The van der Waals surface area contributed by atoms with E-state index in [0.29, 0.717) is 18.2 Å². The first-order valence-corrected chi connectivity index (χ1v) is 7.79. The molecule has 6 nitrogen and oxygen atoms in total. The van der Waals surface area contributed by atoms with Crippen LogP contribution in [0.1, 0.15) is 39.3 Å². The first kappa shape index (κ1) is 16.1. The first-order valence-electron chi connectivity index (χ1n) is 7.79. The first-order chi connectivity index (χ1) is 11.6. The van der Waals surface area contributed by atoms with Crippen molar-refractivity contribution in [2.75, 3.05) is 11.9 Å². The molecule has 1 aromatic carbocycles. The van der Waals surface area contributed by atoms with Gasteiger partial charge in [0.2, 0.25) is 0 Å². The van der Waals surface area contributed by atoms with Gasteiger partial charge in [0.25, 0.3) is 5.91 Å². The molecule has 0 radical (unpaired) electrons. The van der Waals surface area contributed by atoms with Gasteiger partial charge in [-0.1, -0.05) is 12.1 Å². The normalized spacial score (nSPS) is 13.5. The molecule has 0 spiro atoms. The van der Waals surface area contributed by atoms with E-state index in [1.807, 2.05) is 18.2 Å². The van der Waals surface area contributed by atoms with Crippen molar-refractivity contribution in [3.8, 4) is 0 Å². The van der Waals surface area contributed by atoms with Crippen molar-refractivity contribution in [1.82, 2.24) is 4.98 Å². The van der Waals surface area contributed by atoms with Crippen LogP contribution in [0.15, 0.2) is 42.6 Å². The van der Waals surface area contributed by atoms with Crippen LogP contribution in [0.5, 0.6) is 0 Å². The van der Waals surface area contributed by atoms with Crippen molar-refractivity contribution in [3.05, 3.63) is 59.4 Å². The summed E-state index contributed by atoms with van der Waals surface area (Å²) in [5.74, 6) is -0.837. The van der Waals surface area contributed by atoms with Crippen molar-refractivity contribution in [2.24, 2.45) is 5.92 Å². The lowest BCUT2D eigenvalue weighted by Crippen LogP contribution is -2.14. The van der Waals surface area contributed by atoms with Gasteiger partial charge in [0, 0.05) is 18.5 Å². The Morgan fingerprint density at radius 2 is 2.08 bits per heavy atom. The third-order valence-electron chi connectivity index (χ3n) is 3.74. The van der Waals surface area contributed by atoms with Crippen LogP contribution < -0.4 is 5.32 Å². The summed E-state index contributed by atoms with van der Waals surface area (Å²) in [6.45, 7) is 1.29. The number of aromatic carboxylic acids is 1.